The van der Waals surface area contributed by atoms with E-state index in [0.29, 0.717) is 0 Å². The highest BCUT2D eigenvalue weighted by Gasteiger charge is 2.25. The van der Waals surface area contributed by atoms with Gasteiger partial charge in [0.2, 0.25) is 10.0 Å². The van der Waals surface area contributed by atoms with E-state index in [4.69, 9.17) is 5.11 Å². The van der Waals surface area contributed by atoms with Gasteiger partial charge in [0.15, 0.2) is 0 Å². The maximum atomic E-state index is 13.7. The second-order valence-electron chi connectivity index (χ2n) is 4.10. The summed E-state index contributed by atoms with van der Waals surface area (Å²) in [7, 11) is -3.79. The van der Waals surface area contributed by atoms with Crippen LogP contribution in [-0.4, -0.2) is 30.9 Å². The molecule has 106 valence electrons. The van der Waals surface area contributed by atoms with Gasteiger partial charge in [0.05, 0.1) is 11.5 Å². The second-order valence-corrected chi connectivity index (χ2v) is 6.01. The zero-order valence-electron chi connectivity index (χ0n) is 11.1. The number of nitrogens with zero attached hydrogens (tertiary/aromatic N) is 1. The lowest BCUT2D eigenvalue weighted by Gasteiger charge is -2.20. The molecule has 0 spiro atoms. The standard InChI is InChI=1S/C13H18FNO3S/c1-4-6-15(5-2)19(17,18)13-8-11(9-16)7-12(14)10(13)3/h4,7-8,16H,1,5-6,9H2,2-3H3. The molecule has 0 saturated carbocycles. The van der Waals surface area contributed by atoms with Gasteiger partial charge in [0, 0.05) is 18.7 Å². The quantitative estimate of drug-likeness (QED) is 0.812. The molecule has 19 heavy (non-hydrogen) atoms. The molecule has 0 atom stereocenters. The second kappa shape index (κ2) is 6.27. The number of likely N-dealkylation sites (N-methyl/N-ethyl adjacent to an activating group) is 1. The number of aliphatic hydroxyl groups excluding tert-OH is 1. The molecule has 1 N–H and O–H groups in total. The van der Waals surface area contributed by atoms with Gasteiger partial charge in [-0.3, -0.25) is 0 Å². The number of hydrogen-bond donors (Lipinski definition) is 1. The Morgan fingerprint density at radius 1 is 1.47 bits per heavy atom. The molecule has 0 aliphatic heterocycles. The van der Waals surface area contributed by atoms with Crippen molar-refractivity contribution in [2.75, 3.05) is 13.1 Å². The summed E-state index contributed by atoms with van der Waals surface area (Å²) >= 11 is 0. The highest BCUT2D eigenvalue weighted by Crippen LogP contribution is 2.24. The van der Waals surface area contributed by atoms with E-state index in [0.717, 1.165) is 6.07 Å². The van der Waals surface area contributed by atoms with Gasteiger partial charge in [-0.05, 0) is 24.6 Å². The molecule has 0 aliphatic carbocycles. The van der Waals surface area contributed by atoms with Crippen molar-refractivity contribution < 1.29 is 17.9 Å². The first-order valence-electron chi connectivity index (χ1n) is 5.89. The van der Waals surface area contributed by atoms with Gasteiger partial charge in [-0.2, -0.15) is 4.31 Å². The summed E-state index contributed by atoms with van der Waals surface area (Å²) in [6.07, 6.45) is 1.47. The maximum Gasteiger partial charge on any atom is 0.243 e. The summed E-state index contributed by atoms with van der Waals surface area (Å²) in [5, 5.41) is 9.05. The molecule has 0 aliphatic rings. The molecule has 6 heteroatoms. The van der Waals surface area contributed by atoms with E-state index in [1.807, 2.05) is 0 Å². The lowest BCUT2D eigenvalue weighted by molar-refractivity contribution is 0.280. The van der Waals surface area contributed by atoms with Crippen LogP contribution in [-0.2, 0) is 16.6 Å². The average molecular weight is 287 g/mol. The number of aliphatic hydroxyl groups is 1. The third-order valence-corrected chi connectivity index (χ3v) is 4.91. The Morgan fingerprint density at radius 3 is 2.58 bits per heavy atom. The summed E-state index contributed by atoms with van der Waals surface area (Å²) in [6.45, 7) is 6.62. The fourth-order valence-electron chi connectivity index (χ4n) is 1.75. The van der Waals surface area contributed by atoms with Crippen LogP contribution in [0.5, 0.6) is 0 Å². The van der Waals surface area contributed by atoms with E-state index in [1.165, 1.54) is 23.4 Å². The molecule has 0 amide bonds. The normalized spacial score (nSPS) is 11.8. The number of benzene rings is 1. The highest BCUT2D eigenvalue weighted by atomic mass is 32.2. The zero-order chi connectivity index (χ0) is 14.6. The Morgan fingerprint density at radius 2 is 2.11 bits per heavy atom. The van der Waals surface area contributed by atoms with Crippen molar-refractivity contribution in [2.24, 2.45) is 0 Å². The van der Waals surface area contributed by atoms with Gasteiger partial charge in [-0.25, -0.2) is 12.8 Å². The summed E-state index contributed by atoms with van der Waals surface area (Å²) < 4.78 is 39.7. The van der Waals surface area contributed by atoms with E-state index < -0.39 is 22.4 Å². The molecule has 0 aromatic heterocycles. The molecule has 1 aromatic carbocycles. The molecule has 0 radical (unpaired) electrons. The Labute approximate surface area is 113 Å². The zero-order valence-corrected chi connectivity index (χ0v) is 11.9. The Bertz CT molecular complexity index is 569. The molecule has 1 rings (SSSR count). The van der Waals surface area contributed by atoms with E-state index >= 15 is 0 Å². The van der Waals surface area contributed by atoms with Crippen LogP contribution in [0.3, 0.4) is 0 Å². The van der Waals surface area contributed by atoms with Crippen LogP contribution in [0.1, 0.15) is 18.1 Å². The smallest absolute Gasteiger partial charge is 0.243 e. The van der Waals surface area contributed by atoms with Crippen LogP contribution in [0, 0.1) is 12.7 Å². The SMILES string of the molecule is C=CCN(CC)S(=O)(=O)c1cc(CO)cc(F)c1C. The molecule has 0 saturated heterocycles. The fraction of sp³-hybridized carbons (Fsp3) is 0.385. The van der Waals surface area contributed by atoms with Crippen LogP contribution in [0.4, 0.5) is 4.39 Å². The predicted octanol–water partition coefficient (Wildman–Crippen LogP) is 1.82. The maximum absolute atomic E-state index is 13.7. The topological polar surface area (TPSA) is 57.6 Å². The summed E-state index contributed by atoms with van der Waals surface area (Å²) in [4.78, 5) is -0.111. The molecule has 0 unspecified atom stereocenters. The van der Waals surface area contributed by atoms with Crippen molar-refractivity contribution in [1.82, 2.24) is 4.31 Å². The van der Waals surface area contributed by atoms with Crippen LogP contribution >= 0.6 is 0 Å². The molecule has 0 heterocycles. The van der Waals surface area contributed by atoms with Crippen LogP contribution in [0.2, 0.25) is 0 Å². The average Bonchev–Trinajstić information content (AvgIpc) is 2.38. The Hall–Kier alpha value is -1.24. The number of sulfonamides is 1. The van der Waals surface area contributed by atoms with Crippen molar-refractivity contribution in [3.05, 3.63) is 41.7 Å². The molecule has 0 bridgehead atoms. The summed E-state index contributed by atoms with van der Waals surface area (Å²) in [5.74, 6) is -0.639. The highest BCUT2D eigenvalue weighted by molar-refractivity contribution is 7.89. The third kappa shape index (κ3) is 3.20. The van der Waals surface area contributed by atoms with Gasteiger partial charge >= 0.3 is 0 Å². The first-order valence-corrected chi connectivity index (χ1v) is 7.33. The lowest BCUT2D eigenvalue weighted by atomic mass is 10.1. The summed E-state index contributed by atoms with van der Waals surface area (Å²) in [6, 6.07) is 2.44. The minimum atomic E-state index is -3.79. The number of hydrogen-bond acceptors (Lipinski definition) is 3. The van der Waals surface area contributed by atoms with E-state index in [2.05, 4.69) is 6.58 Å². The van der Waals surface area contributed by atoms with Gasteiger partial charge in [0.25, 0.3) is 0 Å². The van der Waals surface area contributed by atoms with Gasteiger partial charge in [0.1, 0.15) is 5.82 Å². The fourth-order valence-corrected chi connectivity index (χ4v) is 3.45. The van der Waals surface area contributed by atoms with Crippen LogP contribution in [0.15, 0.2) is 29.7 Å². The van der Waals surface area contributed by atoms with Crippen molar-refractivity contribution >= 4 is 10.0 Å². The van der Waals surface area contributed by atoms with Crippen molar-refractivity contribution in [3.8, 4) is 0 Å². The minimum absolute atomic E-state index is 0.0553. The van der Waals surface area contributed by atoms with Crippen molar-refractivity contribution in [3.63, 3.8) is 0 Å². The van der Waals surface area contributed by atoms with E-state index in [9.17, 15) is 12.8 Å². The molecular formula is C13H18FNO3S. The monoisotopic (exact) mass is 287 g/mol. The Balaban J connectivity index is 3.42. The number of rotatable bonds is 6. The Kier molecular flexibility index (Phi) is 5.22. The van der Waals surface area contributed by atoms with Gasteiger partial charge < -0.3 is 5.11 Å². The van der Waals surface area contributed by atoms with Crippen molar-refractivity contribution in [1.29, 1.82) is 0 Å². The van der Waals surface area contributed by atoms with E-state index in [1.54, 1.807) is 6.92 Å². The molecular weight excluding hydrogens is 269 g/mol. The predicted molar refractivity (Wildman–Crippen MR) is 71.7 cm³/mol. The van der Waals surface area contributed by atoms with Gasteiger partial charge in [-0.15, -0.1) is 6.58 Å². The van der Waals surface area contributed by atoms with Crippen LogP contribution < -0.4 is 0 Å². The minimum Gasteiger partial charge on any atom is -0.392 e. The molecule has 4 nitrogen and oxygen atoms in total. The van der Waals surface area contributed by atoms with Crippen molar-refractivity contribution in [2.45, 2.75) is 25.3 Å². The van der Waals surface area contributed by atoms with E-state index in [-0.39, 0.29) is 29.1 Å². The number of halogens is 1. The molecule has 0 fully saturated rings. The summed E-state index contributed by atoms with van der Waals surface area (Å²) in [5.41, 5.74) is 0.288. The third-order valence-electron chi connectivity index (χ3n) is 2.84. The first kappa shape index (κ1) is 15.8. The largest absolute Gasteiger partial charge is 0.392 e. The van der Waals surface area contributed by atoms with Crippen LogP contribution in [0.25, 0.3) is 0 Å². The lowest BCUT2D eigenvalue weighted by Crippen LogP contribution is -2.31. The molecule has 1 aromatic rings. The first-order chi connectivity index (χ1) is 8.88. The van der Waals surface area contributed by atoms with Gasteiger partial charge in [-0.1, -0.05) is 13.0 Å².